The highest BCUT2D eigenvalue weighted by atomic mass is 35.5. The summed E-state index contributed by atoms with van der Waals surface area (Å²) in [6.07, 6.45) is 0.725. The smallest absolute Gasteiger partial charge is 0.119 e. The first kappa shape index (κ1) is 16.1. The van der Waals surface area contributed by atoms with E-state index in [-0.39, 0.29) is 6.04 Å². The van der Waals surface area contributed by atoms with Crippen molar-refractivity contribution in [1.82, 2.24) is 5.43 Å². The van der Waals surface area contributed by atoms with Gasteiger partial charge < -0.3 is 4.74 Å². The van der Waals surface area contributed by atoms with Gasteiger partial charge in [-0.15, -0.1) is 0 Å². The average Bonchev–Trinajstić information content (AvgIpc) is 2.47. The van der Waals surface area contributed by atoms with Gasteiger partial charge in [-0.25, -0.2) is 0 Å². The lowest BCUT2D eigenvalue weighted by Gasteiger charge is -2.17. The fourth-order valence-corrected chi connectivity index (χ4v) is 2.38. The molecule has 3 N–H and O–H groups in total. The Labute approximate surface area is 135 Å². The van der Waals surface area contributed by atoms with Crippen LogP contribution in [0.4, 0.5) is 0 Å². The van der Waals surface area contributed by atoms with Crippen molar-refractivity contribution in [2.75, 3.05) is 6.61 Å². The number of hydrogen-bond donors (Lipinski definition) is 2. The van der Waals surface area contributed by atoms with Crippen LogP contribution in [0.5, 0.6) is 5.75 Å². The molecule has 1 unspecified atom stereocenters. The maximum absolute atomic E-state index is 6.03. The Kier molecular flexibility index (Phi) is 5.88. The lowest BCUT2D eigenvalue weighted by Crippen LogP contribution is -2.29. The molecular weight excluding hydrogens is 307 g/mol. The van der Waals surface area contributed by atoms with Crippen LogP contribution in [0.15, 0.2) is 42.5 Å². The summed E-state index contributed by atoms with van der Waals surface area (Å²) in [6, 6.07) is 13.4. The van der Waals surface area contributed by atoms with Gasteiger partial charge in [0.1, 0.15) is 5.75 Å². The van der Waals surface area contributed by atoms with E-state index in [0.717, 1.165) is 17.7 Å². The van der Waals surface area contributed by atoms with Gasteiger partial charge >= 0.3 is 0 Å². The Hall–Kier alpha value is -1.26. The molecule has 5 heteroatoms. The molecule has 3 nitrogen and oxygen atoms in total. The van der Waals surface area contributed by atoms with Gasteiger partial charge in [0.2, 0.25) is 0 Å². The molecule has 0 bridgehead atoms. The number of rotatable bonds is 6. The molecule has 0 aliphatic carbocycles. The molecule has 0 fully saturated rings. The number of ether oxygens (including phenoxy) is 1. The van der Waals surface area contributed by atoms with Crippen LogP contribution in [0, 0.1) is 6.92 Å². The minimum atomic E-state index is -0.0374. The second-order valence-corrected chi connectivity index (χ2v) is 5.66. The Morgan fingerprint density at radius 3 is 2.62 bits per heavy atom. The number of benzene rings is 2. The van der Waals surface area contributed by atoms with E-state index in [1.165, 1.54) is 5.56 Å². The predicted octanol–water partition coefficient (Wildman–Crippen LogP) is 4.28. The van der Waals surface area contributed by atoms with Crippen molar-refractivity contribution >= 4 is 23.2 Å². The number of hydrogen-bond acceptors (Lipinski definition) is 3. The maximum atomic E-state index is 6.03. The number of nitrogens with one attached hydrogen (secondary N) is 1. The van der Waals surface area contributed by atoms with Crippen molar-refractivity contribution in [1.29, 1.82) is 0 Å². The molecule has 2 aromatic carbocycles. The second kappa shape index (κ2) is 7.66. The minimum absolute atomic E-state index is 0.0374. The highest BCUT2D eigenvalue weighted by Crippen LogP contribution is 2.26. The molecule has 2 aromatic rings. The van der Waals surface area contributed by atoms with Crippen LogP contribution in [-0.2, 0) is 0 Å². The summed E-state index contributed by atoms with van der Waals surface area (Å²) >= 11 is 11.9. The van der Waals surface area contributed by atoms with Crippen LogP contribution < -0.4 is 16.0 Å². The third-order valence-electron chi connectivity index (χ3n) is 3.21. The Morgan fingerprint density at radius 1 is 1.14 bits per heavy atom. The third-order valence-corrected chi connectivity index (χ3v) is 3.95. The molecule has 0 aromatic heterocycles. The first-order valence-corrected chi connectivity index (χ1v) is 7.46. The van der Waals surface area contributed by atoms with Crippen LogP contribution in [0.3, 0.4) is 0 Å². The van der Waals surface area contributed by atoms with Crippen molar-refractivity contribution in [3.8, 4) is 5.75 Å². The molecule has 21 heavy (non-hydrogen) atoms. The lowest BCUT2D eigenvalue weighted by molar-refractivity contribution is 0.287. The highest BCUT2D eigenvalue weighted by Gasteiger charge is 2.11. The predicted molar refractivity (Wildman–Crippen MR) is 87.8 cm³/mol. The number of aryl methyl sites for hydroxylation is 1. The van der Waals surface area contributed by atoms with E-state index in [1.807, 2.05) is 43.3 Å². The normalized spacial score (nSPS) is 12.2. The summed E-state index contributed by atoms with van der Waals surface area (Å²) in [5.74, 6) is 6.48. The van der Waals surface area contributed by atoms with Gasteiger partial charge in [-0.2, -0.15) is 0 Å². The molecule has 112 valence electrons. The minimum Gasteiger partial charge on any atom is -0.494 e. The zero-order valence-corrected chi connectivity index (χ0v) is 13.3. The van der Waals surface area contributed by atoms with Crippen molar-refractivity contribution in [3.05, 3.63) is 63.6 Å². The first-order chi connectivity index (χ1) is 10.1. The molecule has 0 heterocycles. The van der Waals surface area contributed by atoms with Crippen molar-refractivity contribution < 1.29 is 4.74 Å². The van der Waals surface area contributed by atoms with E-state index in [1.54, 1.807) is 6.07 Å². The van der Waals surface area contributed by atoms with E-state index in [0.29, 0.717) is 16.7 Å². The van der Waals surface area contributed by atoms with Gasteiger partial charge in [0.05, 0.1) is 16.7 Å². The van der Waals surface area contributed by atoms with Crippen molar-refractivity contribution in [2.45, 2.75) is 19.4 Å². The fourth-order valence-electron chi connectivity index (χ4n) is 2.08. The van der Waals surface area contributed by atoms with Crippen LogP contribution in [0.2, 0.25) is 10.0 Å². The Bertz CT molecular complexity index is 605. The summed E-state index contributed by atoms with van der Waals surface area (Å²) in [5, 5.41) is 1.06. The lowest BCUT2D eigenvalue weighted by atomic mass is 10.1. The monoisotopic (exact) mass is 324 g/mol. The quantitative estimate of drug-likeness (QED) is 0.616. The number of nitrogens with two attached hydrogens (primary N) is 1. The van der Waals surface area contributed by atoms with Crippen LogP contribution in [0.1, 0.15) is 23.6 Å². The molecule has 0 radical (unpaired) electrons. The largest absolute Gasteiger partial charge is 0.494 e. The highest BCUT2D eigenvalue weighted by molar-refractivity contribution is 6.42. The average molecular weight is 325 g/mol. The van der Waals surface area contributed by atoms with Gasteiger partial charge in [0, 0.05) is 12.5 Å². The third kappa shape index (κ3) is 4.61. The summed E-state index contributed by atoms with van der Waals surface area (Å²) in [7, 11) is 0. The van der Waals surface area contributed by atoms with E-state index < -0.39 is 0 Å². The van der Waals surface area contributed by atoms with Gasteiger partial charge in [-0.3, -0.25) is 11.3 Å². The Morgan fingerprint density at radius 2 is 1.95 bits per heavy atom. The van der Waals surface area contributed by atoms with E-state index in [4.69, 9.17) is 33.8 Å². The molecule has 0 aliphatic heterocycles. The van der Waals surface area contributed by atoms with Gasteiger partial charge in [0.15, 0.2) is 0 Å². The van der Waals surface area contributed by atoms with E-state index in [2.05, 4.69) is 5.43 Å². The second-order valence-electron chi connectivity index (χ2n) is 4.85. The molecule has 0 saturated carbocycles. The molecule has 0 saturated heterocycles. The molecule has 0 aliphatic rings. The van der Waals surface area contributed by atoms with Gasteiger partial charge in [-0.05, 0) is 42.3 Å². The van der Waals surface area contributed by atoms with E-state index >= 15 is 0 Å². The maximum Gasteiger partial charge on any atom is 0.119 e. The summed E-state index contributed by atoms with van der Waals surface area (Å²) in [4.78, 5) is 0. The summed E-state index contributed by atoms with van der Waals surface area (Å²) in [6.45, 7) is 2.59. The molecule has 0 spiro atoms. The van der Waals surface area contributed by atoms with Crippen LogP contribution in [0.25, 0.3) is 0 Å². The van der Waals surface area contributed by atoms with Crippen LogP contribution >= 0.6 is 23.2 Å². The summed E-state index contributed by atoms with van der Waals surface area (Å²) in [5.41, 5.74) is 4.94. The zero-order valence-electron chi connectivity index (χ0n) is 11.8. The topological polar surface area (TPSA) is 47.3 Å². The number of halogens is 2. The Balaban J connectivity index is 1.94. The first-order valence-electron chi connectivity index (χ1n) is 6.70. The van der Waals surface area contributed by atoms with Crippen molar-refractivity contribution in [2.24, 2.45) is 5.84 Å². The van der Waals surface area contributed by atoms with Crippen LogP contribution in [-0.4, -0.2) is 6.61 Å². The zero-order chi connectivity index (χ0) is 15.2. The SMILES string of the molecule is Cc1cccc(OCCC(NN)c2ccc(Cl)c(Cl)c2)c1. The molecule has 2 rings (SSSR count). The standard InChI is InChI=1S/C16H18Cl2N2O/c1-11-3-2-4-13(9-11)21-8-7-16(20-19)12-5-6-14(17)15(18)10-12/h2-6,9-10,16,20H,7-8,19H2,1H3. The van der Waals surface area contributed by atoms with Gasteiger partial charge in [0.25, 0.3) is 0 Å². The fraction of sp³-hybridized carbons (Fsp3) is 0.250. The summed E-state index contributed by atoms with van der Waals surface area (Å²) < 4.78 is 5.74. The molecular formula is C16H18Cl2N2O. The van der Waals surface area contributed by atoms with Crippen molar-refractivity contribution in [3.63, 3.8) is 0 Å². The number of hydrazine groups is 1. The van der Waals surface area contributed by atoms with Gasteiger partial charge in [-0.1, -0.05) is 41.4 Å². The van der Waals surface area contributed by atoms with E-state index in [9.17, 15) is 0 Å². The molecule has 1 atom stereocenters. The molecule has 0 amide bonds.